The highest BCUT2D eigenvalue weighted by molar-refractivity contribution is 9.10. The SMILES string of the molecule is CC.Cc1cccc2cccc(Br)c12. The summed E-state index contributed by atoms with van der Waals surface area (Å²) in [7, 11) is 0. The molecule has 0 saturated carbocycles. The van der Waals surface area contributed by atoms with Crippen molar-refractivity contribution in [2.45, 2.75) is 20.8 Å². The molecule has 1 heteroatoms. The van der Waals surface area contributed by atoms with E-state index in [0.29, 0.717) is 0 Å². The molecule has 0 aromatic heterocycles. The van der Waals surface area contributed by atoms with Gasteiger partial charge in [0.05, 0.1) is 0 Å². The van der Waals surface area contributed by atoms with Gasteiger partial charge in [-0.05, 0) is 29.3 Å². The summed E-state index contributed by atoms with van der Waals surface area (Å²) in [6.45, 7) is 6.13. The Morgan fingerprint density at radius 2 is 1.50 bits per heavy atom. The van der Waals surface area contributed by atoms with E-state index in [1.54, 1.807) is 0 Å². The molecule has 2 aromatic carbocycles. The quantitative estimate of drug-likeness (QED) is 0.622. The van der Waals surface area contributed by atoms with Gasteiger partial charge in [-0.3, -0.25) is 0 Å². The monoisotopic (exact) mass is 250 g/mol. The van der Waals surface area contributed by atoms with Crippen molar-refractivity contribution in [2.24, 2.45) is 0 Å². The maximum Gasteiger partial charge on any atom is 0.0256 e. The molecule has 0 fully saturated rings. The van der Waals surface area contributed by atoms with Gasteiger partial charge in [0.25, 0.3) is 0 Å². The third-order valence-electron chi connectivity index (χ3n) is 2.06. The van der Waals surface area contributed by atoms with Crippen LogP contribution in [0.25, 0.3) is 10.8 Å². The van der Waals surface area contributed by atoms with Crippen LogP contribution < -0.4 is 0 Å². The van der Waals surface area contributed by atoms with Gasteiger partial charge in [0.2, 0.25) is 0 Å². The highest BCUT2D eigenvalue weighted by Crippen LogP contribution is 2.26. The van der Waals surface area contributed by atoms with Crippen LogP contribution in [-0.2, 0) is 0 Å². The van der Waals surface area contributed by atoms with Crippen LogP contribution >= 0.6 is 15.9 Å². The Hall–Kier alpha value is -0.820. The zero-order valence-corrected chi connectivity index (χ0v) is 10.4. The highest BCUT2D eigenvalue weighted by Gasteiger charge is 1.98. The summed E-state index contributed by atoms with van der Waals surface area (Å²) in [6.07, 6.45) is 0. The van der Waals surface area contributed by atoms with E-state index in [9.17, 15) is 0 Å². The molecule has 2 aromatic rings. The van der Waals surface area contributed by atoms with E-state index in [-0.39, 0.29) is 0 Å². The summed E-state index contributed by atoms with van der Waals surface area (Å²) in [5.41, 5.74) is 1.32. The number of aryl methyl sites for hydroxylation is 1. The second kappa shape index (κ2) is 5.16. The predicted molar refractivity (Wildman–Crippen MR) is 67.7 cm³/mol. The third-order valence-corrected chi connectivity index (χ3v) is 2.72. The van der Waals surface area contributed by atoms with E-state index in [1.807, 2.05) is 13.8 Å². The summed E-state index contributed by atoms with van der Waals surface area (Å²) in [5, 5.41) is 2.62. The summed E-state index contributed by atoms with van der Waals surface area (Å²) in [6, 6.07) is 12.6. The summed E-state index contributed by atoms with van der Waals surface area (Å²) in [4.78, 5) is 0. The summed E-state index contributed by atoms with van der Waals surface area (Å²) < 4.78 is 1.18. The molecule has 0 aliphatic carbocycles. The minimum absolute atomic E-state index is 1.18. The molecule has 0 heterocycles. The standard InChI is InChI=1S/C11H9Br.C2H6/c1-8-4-2-5-9-6-3-7-10(12)11(8)9;1-2/h2-7H,1H3;1-2H3. The maximum atomic E-state index is 3.55. The number of hydrogen-bond donors (Lipinski definition) is 0. The van der Waals surface area contributed by atoms with Gasteiger partial charge in [-0.2, -0.15) is 0 Å². The zero-order chi connectivity index (χ0) is 10.6. The van der Waals surface area contributed by atoms with E-state index in [0.717, 1.165) is 0 Å². The fourth-order valence-corrected chi connectivity index (χ4v) is 2.17. The number of fused-ring (bicyclic) bond motifs is 1. The lowest BCUT2D eigenvalue weighted by molar-refractivity contribution is 1.50. The van der Waals surface area contributed by atoms with Crippen molar-refractivity contribution in [3.8, 4) is 0 Å². The number of halogens is 1. The number of rotatable bonds is 0. The zero-order valence-electron chi connectivity index (χ0n) is 8.84. The van der Waals surface area contributed by atoms with Gasteiger partial charge in [0.15, 0.2) is 0 Å². The lowest BCUT2D eigenvalue weighted by Crippen LogP contribution is -1.78. The van der Waals surface area contributed by atoms with Gasteiger partial charge in [0.1, 0.15) is 0 Å². The molecule has 2 rings (SSSR count). The molecule has 0 radical (unpaired) electrons. The topological polar surface area (TPSA) is 0 Å². The Kier molecular flexibility index (Phi) is 4.15. The normalized spacial score (nSPS) is 9.43. The molecule has 0 nitrogen and oxygen atoms in total. The molecule has 0 saturated heterocycles. The van der Waals surface area contributed by atoms with E-state index >= 15 is 0 Å². The van der Waals surface area contributed by atoms with Gasteiger partial charge < -0.3 is 0 Å². The molecule has 0 atom stereocenters. The van der Waals surface area contributed by atoms with Crippen LogP contribution in [0.1, 0.15) is 19.4 Å². The van der Waals surface area contributed by atoms with Gasteiger partial charge in [-0.25, -0.2) is 0 Å². The second-order valence-electron chi connectivity index (χ2n) is 2.91. The van der Waals surface area contributed by atoms with Crippen molar-refractivity contribution in [3.05, 3.63) is 46.4 Å². The first-order chi connectivity index (χ1) is 6.79. The van der Waals surface area contributed by atoms with Crippen molar-refractivity contribution in [3.63, 3.8) is 0 Å². The highest BCUT2D eigenvalue weighted by atomic mass is 79.9. The molecule has 14 heavy (non-hydrogen) atoms. The van der Waals surface area contributed by atoms with Crippen LogP contribution in [0, 0.1) is 6.92 Å². The van der Waals surface area contributed by atoms with Crippen molar-refractivity contribution in [1.82, 2.24) is 0 Å². The van der Waals surface area contributed by atoms with E-state index in [4.69, 9.17) is 0 Å². The average molecular weight is 251 g/mol. The van der Waals surface area contributed by atoms with Gasteiger partial charge in [-0.1, -0.05) is 60.1 Å². The first-order valence-electron chi connectivity index (χ1n) is 4.93. The Bertz CT molecular complexity index is 382. The van der Waals surface area contributed by atoms with Crippen molar-refractivity contribution >= 4 is 26.7 Å². The molecule has 0 bridgehead atoms. The molecule has 0 aliphatic rings. The van der Waals surface area contributed by atoms with Crippen molar-refractivity contribution < 1.29 is 0 Å². The van der Waals surface area contributed by atoms with Crippen LogP contribution in [0.3, 0.4) is 0 Å². The molecule has 0 unspecified atom stereocenters. The van der Waals surface area contributed by atoms with Crippen LogP contribution in [0.4, 0.5) is 0 Å². The smallest absolute Gasteiger partial charge is 0.0256 e. The minimum atomic E-state index is 1.18. The van der Waals surface area contributed by atoms with E-state index < -0.39 is 0 Å². The molecule has 0 N–H and O–H groups in total. The molecule has 0 aliphatic heterocycles. The first-order valence-corrected chi connectivity index (χ1v) is 5.72. The van der Waals surface area contributed by atoms with Crippen molar-refractivity contribution in [1.29, 1.82) is 0 Å². The maximum absolute atomic E-state index is 3.55. The Labute approximate surface area is 94.1 Å². The minimum Gasteiger partial charge on any atom is -0.0683 e. The summed E-state index contributed by atoms with van der Waals surface area (Å²) >= 11 is 3.55. The number of hydrogen-bond acceptors (Lipinski definition) is 0. The first kappa shape index (κ1) is 11.3. The molecular weight excluding hydrogens is 236 g/mol. The van der Waals surface area contributed by atoms with Crippen LogP contribution in [0.15, 0.2) is 40.9 Å². The molecule has 0 amide bonds. The fraction of sp³-hybridized carbons (Fsp3) is 0.231. The molecular formula is C13H15Br. The van der Waals surface area contributed by atoms with Gasteiger partial charge in [0, 0.05) is 4.47 Å². The molecule has 0 spiro atoms. The van der Waals surface area contributed by atoms with Gasteiger partial charge >= 0.3 is 0 Å². The van der Waals surface area contributed by atoms with Crippen LogP contribution in [0.5, 0.6) is 0 Å². The Morgan fingerprint density at radius 3 is 2.07 bits per heavy atom. The number of benzene rings is 2. The van der Waals surface area contributed by atoms with Crippen molar-refractivity contribution in [2.75, 3.05) is 0 Å². The summed E-state index contributed by atoms with van der Waals surface area (Å²) in [5.74, 6) is 0. The Morgan fingerprint density at radius 1 is 0.929 bits per heavy atom. The lowest BCUT2D eigenvalue weighted by atomic mass is 10.1. The largest absolute Gasteiger partial charge is 0.0683 e. The van der Waals surface area contributed by atoms with E-state index in [1.165, 1.54) is 20.8 Å². The van der Waals surface area contributed by atoms with Crippen LogP contribution in [0.2, 0.25) is 0 Å². The lowest BCUT2D eigenvalue weighted by Gasteiger charge is -2.02. The van der Waals surface area contributed by atoms with Crippen LogP contribution in [-0.4, -0.2) is 0 Å². The van der Waals surface area contributed by atoms with E-state index in [2.05, 4.69) is 59.3 Å². The fourth-order valence-electron chi connectivity index (χ4n) is 1.48. The van der Waals surface area contributed by atoms with Gasteiger partial charge in [-0.15, -0.1) is 0 Å². The second-order valence-corrected chi connectivity index (χ2v) is 3.77. The predicted octanol–water partition coefficient (Wildman–Crippen LogP) is 4.94. The average Bonchev–Trinajstić information content (AvgIpc) is 2.21. The Balaban J connectivity index is 0.000000461. The third kappa shape index (κ3) is 2.16. The molecule has 74 valence electrons.